The molecule has 2 N–H and O–H groups in total. The fourth-order valence-electron chi connectivity index (χ4n) is 3.50. The van der Waals surface area contributed by atoms with E-state index in [1.54, 1.807) is 11.3 Å². The summed E-state index contributed by atoms with van der Waals surface area (Å²) in [5.41, 5.74) is 5.03. The smallest absolute Gasteiger partial charge is 0.0619 e. The second kappa shape index (κ2) is 6.52. The molecular formula is C21H21NOS. The van der Waals surface area contributed by atoms with Crippen LogP contribution in [0.3, 0.4) is 0 Å². The van der Waals surface area contributed by atoms with Crippen molar-refractivity contribution in [1.82, 2.24) is 5.32 Å². The number of thiophene rings is 1. The van der Waals surface area contributed by atoms with E-state index in [-0.39, 0.29) is 12.1 Å². The van der Waals surface area contributed by atoms with E-state index in [0.29, 0.717) is 0 Å². The van der Waals surface area contributed by atoms with Crippen LogP contribution < -0.4 is 5.32 Å². The van der Waals surface area contributed by atoms with E-state index in [1.807, 2.05) is 6.07 Å². The van der Waals surface area contributed by atoms with E-state index in [9.17, 15) is 5.11 Å². The molecule has 4 rings (SSSR count). The lowest BCUT2D eigenvalue weighted by Crippen LogP contribution is -2.49. The first-order valence-corrected chi connectivity index (χ1v) is 9.21. The Morgan fingerprint density at radius 3 is 2.29 bits per heavy atom. The zero-order valence-corrected chi connectivity index (χ0v) is 14.4. The summed E-state index contributed by atoms with van der Waals surface area (Å²) in [7, 11) is 0. The number of aliphatic hydroxyl groups excluding tert-OH is 1. The summed E-state index contributed by atoms with van der Waals surface area (Å²) in [5, 5.41) is 15.8. The maximum Gasteiger partial charge on any atom is 0.0619 e. The third kappa shape index (κ3) is 3.03. The minimum absolute atomic E-state index is 0.164. The van der Waals surface area contributed by atoms with Crippen LogP contribution in [0.5, 0.6) is 0 Å². The first kappa shape index (κ1) is 15.6. The lowest BCUT2D eigenvalue weighted by atomic mass is 9.96. The van der Waals surface area contributed by atoms with Gasteiger partial charge in [0, 0.05) is 17.0 Å². The number of benzene rings is 2. The summed E-state index contributed by atoms with van der Waals surface area (Å²) >= 11 is 1.78. The Balaban J connectivity index is 1.46. The highest BCUT2D eigenvalue weighted by Gasteiger charge is 2.36. The Hall–Kier alpha value is -1.94. The van der Waals surface area contributed by atoms with Gasteiger partial charge in [-0.05, 0) is 46.5 Å². The molecule has 2 aromatic carbocycles. The van der Waals surface area contributed by atoms with Crippen LogP contribution in [0.4, 0.5) is 0 Å². The molecule has 0 unspecified atom stereocenters. The summed E-state index contributed by atoms with van der Waals surface area (Å²) in [6, 6.07) is 21.2. The zero-order valence-electron chi connectivity index (χ0n) is 13.5. The van der Waals surface area contributed by atoms with Crippen molar-refractivity contribution in [3.8, 4) is 10.4 Å². The SMILES string of the molecule is OCC1(NCc2csc(-c3ccccc3)c2)Cc2ccccc2C1. The Kier molecular flexibility index (Phi) is 4.23. The summed E-state index contributed by atoms with van der Waals surface area (Å²) in [4.78, 5) is 1.29. The minimum Gasteiger partial charge on any atom is -0.394 e. The topological polar surface area (TPSA) is 32.3 Å². The average molecular weight is 335 g/mol. The van der Waals surface area contributed by atoms with Gasteiger partial charge in [-0.15, -0.1) is 11.3 Å². The van der Waals surface area contributed by atoms with Crippen molar-refractivity contribution < 1.29 is 5.11 Å². The molecule has 0 fully saturated rings. The number of rotatable bonds is 5. The highest BCUT2D eigenvalue weighted by atomic mass is 32.1. The summed E-state index contributed by atoms with van der Waals surface area (Å²) in [6.07, 6.45) is 1.80. The molecule has 0 saturated heterocycles. The van der Waals surface area contributed by atoms with Crippen molar-refractivity contribution in [1.29, 1.82) is 0 Å². The molecule has 3 heteroatoms. The maximum absolute atomic E-state index is 9.99. The predicted octanol–water partition coefficient (Wildman–Crippen LogP) is 4.03. The highest BCUT2D eigenvalue weighted by molar-refractivity contribution is 7.13. The normalized spacial score (nSPS) is 15.4. The van der Waals surface area contributed by atoms with Crippen molar-refractivity contribution in [3.63, 3.8) is 0 Å². The van der Waals surface area contributed by atoms with Gasteiger partial charge in [0.15, 0.2) is 0 Å². The Morgan fingerprint density at radius 1 is 0.958 bits per heavy atom. The lowest BCUT2D eigenvalue weighted by molar-refractivity contribution is 0.166. The highest BCUT2D eigenvalue weighted by Crippen LogP contribution is 2.31. The van der Waals surface area contributed by atoms with Gasteiger partial charge in [0.2, 0.25) is 0 Å². The van der Waals surface area contributed by atoms with Crippen molar-refractivity contribution in [2.75, 3.05) is 6.61 Å². The molecule has 0 amide bonds. The van der Waals surface area contributed by atoms with Gasteiger partial charge >= 0.3 is 0 Å². The van der Waals surface area contributed by atoms with Gasteiger partial charge in [-0.3, -0.25) is 0 Å². The van der Waals surface area contributed by atoms with Gasteiger partial charge in [-0.25, -0.2) is 0 Å². The summed E-state index contributed by atoms with van der Waals surface area (Å²) < 4.78 is 0. The summed E-state index contributed by atoms with van der Waals surface area (Å²) in [5.74, 6) is 0. The number of hydrogen-bond acceptors (Lipinski definition) is 3. The molecule has 0 radical (unpaired) electrons. The molecule has 0 bridgehead atoms. The molecule has 3 aromatic rings. The largest absolute Gasteiger partial charge is 0.394 e. The van der Waals surface area contributed by atoms with E-state index in [4.69, 9.17) is 0 Å². The Morgan fingerprint density at radius 2 is 1.62 bits per heavy atom. The molecule has 1 aliphatic carbocycles. The van der Waals surface area contributed by atoms with Gasteiger partial charge in [0.1, 0.15) is 0 Å². The fourth-order valence-corrected chi connectivity index (χ4v) is 4.42. The number of nitrogens with one attached hydrogen (secondary N) is 1. The third-order valence-electron chi connectivity index (χ3n) is 4.86. The van der Waals surface area contributed by atoms with Crippen molar-refractivity contribution in [3.05, 3.63) is 82.7 Å². The predicted molar refractivity (Wildman–Crippen MR) is 100 cm³/mol. The summed E-state index contributed by atoms with van der Waals surface area (Å²) in [6.45, 7) is 0.954. The third-order valence-corrected chi connectivity index (χ3v) is 5.89. The van der Waals surface area contributed by atoms with Gasteiger partial charge in [0.25, 0.3) is 0 Å². The Labute approximate surface area is 146 Å². The van der Waals surface area contributed by atoms with Crippen LogP contribution in [0.1, 0.15) is 16.7 Å². The monoisotopic (exact) mass is 335 g/mol. The van der Waals surface area contributed by atoms with Crippen molar-refractivity contribution in [2.45, 2.75) is 24.9 Å². The molecule has 0 saturated carbocycles. The van der Waals surface area contributed by atoms with Crippen LogP contribution in [0.15, 0.2) is 66.0 Å². The van der Waals surface area contributed by atoms with Crippen LogP contribution in [-0.2, 0) is 19.4 Å². The molecule has 1 aliphatic rings. The number of fused-ring (bicyclic) bond motifs is 1. The molecule has 1 heterocycles. The van der Waals surface area contributed by atoms with Crippen LogP contribution in [0, 0.1) is 0 Å². The standard InChI is InChI=1S/C21H21NOS/c23-15-21(11-18-8-4-5-9-19(18)12-21)22-13-16-10-20(24-14-16)17-6-2-1-3-7-17/h1-10,14,22-23H,11-13,15H2. The average Bonchev–Trinajstić information content (AvgIpc) is 3.25. The zero-order chi connectivity index (χ0) is 16.4. The first-order chi connectivity index (χ1) is 11.8. The van der Waals surface area contributed by atoms with Crippen LogP contribution in [-0.4, -0.2) is 17.3 Å². The van der Waals surface area contributed by atoms with Gasteiger partial charge < -0.3 is 10.4 Å². The Bertz CT molecular complexity index is 800. The van der Waals surface area contributed by atoms with E-state index in [1.165, 1.54) is 27.1 Å². The van der Waals surface area contributed by atoms with Crippen LogP contribution >= 0.6 is 11.3 Å². The quantitative estimate of drug-likeness (QED) is 0.738. The molecule has 0 spiro atoms. The van der Waals surface area contributed by atoms with Crippen LogP contribution in [0.25, 0.3) is 10.4 Å². The van der Waals surface area contributed by atoms with Crippen molar-refractivity contribution in [2.24, 2.45) is 0 Å². The van der Waals surface area contributed by atoms with E-state index in [2.05, 4.69) is 65.3 Å². The minimum atomic E-state index is -0.224. The fraction of sp³-hybridized carbons (Fsp3) is 0.238. The van der Waals surface area contributed by atoms with E-state index in [0.717, 1.165) is 19.4 Å². The maximum atomic E-state index is 9.99. The first-order valence-electron chi connectivity index (χ1n) is 8.33. The molecular weight excluding hydrogens is 314 g/mol. The van der Waals surface area contributed by atoms with E-state index >= 15 is 0 Å². The molecule has 24 heavy (non-hydrogen) atoms. The van der Waals surface area contributed by atoms with Gasteiger partial charge in [-0.1, -0.05) is 54.6 Å². The molecule has 0 aliphatic heterocycles. The molecule has 0 atom stereocenters. The van der Waals surface area contributed by atoms with Gasteiger partial charge in [-0.2, -0.15) is 0 Å². The van der Waals surface area contributed by atoms with Gasteiger partial charge in [0.05, 0.1) is 6.61 Å². The number of aliphatic hydroxyl groups is 1. The van der Waals surface area contributed by atoms with E-state index < -0.39 is 0 Å². The second-order valence-corrected chi connectivity index (χ2v) is 7.51. The molecule has 1 aromatic heterocycles. The second-order valence-electron chi connectivity index (χ2n) is 6.60. The van der Waals surface area contributed by atoms with Crippen molar-refractivity contribution >= 4 is 11.3 Å². The lowest BCUT2D eigenvalue weighted by Gasteiger charge is -2.28. The number of hydrogen-bond donors (Lipinski definition) is 2. The molecule has 122 valence electrons. The molecule has 2 nitrogen and oxygen atoms in total. The van der Waals surface area contributed by atoms with Crippen LogP contribution in [0.2, 0.25) is 0 Å².